The molecule has 0 aliphatic rings. The average Bonchev–Trinajstić information content (AvgIpc) is 3.35. The van der Waals surface area contributed by atoms with Gasteiger partial charge in [-0.2, -0.15) is 5.10 Å². The van der Waals surface area contributed by atoms with Crippen LogP contribution in [0.2, 0.25) is 0 Å². The van der Waals surface area contributed by atoms with Crippen molar-refractivity contribution in [3.63, 3.8) is 0 Å². The number of aryl methyl sites for hydroxylation is 1. The van der Waals surface area contributed by atoms with Gasteiger partial charge in [-0.1, -0.05) is 13.0 Å². The number of rotatable bonds is 4. The maximum Gasteiger partial charge on any atom is 0.413 e. The Balaban J connectivity index is 1.72. The number of fused-ring (bicyclic) bond motifs is 1. The summed E-state index contributed by atoms with van der Waals surface area (Å²) in [5, 5.41) is 20.0. The van der Waals surface area contributed by atoms with Crippen molar-refractivity contribution in [1.82, 2.24) is 25.5 Å². The molecule has 2 heterocycles. The van der Waals surface area contributed by atoms with Gasteiger partial charge in [0.2, 0.25) is 5.88 Å². The summed E-state index contributed by atoms with van der Waals surface area (Å²) >= 11 is 0. The van der Waals surface area contributed by atoms with Crippen molar-refractivity contribution in [3.8, 4) is 34.3 Å². The summed E-state index contributed by atoms with van der Waals surface area (Å²) < 4.78 is 18.9. The quantitative estimate of drug-likeness (QED) is 0.420. The highest BCUT2D eigenvalue weighted by atomic mass is 19.1. The molecule has 0 saturated heterocycles. The fraction of sp³-hybridized carbons (Fsp3) is 0.150. The van der Waals surface area contributed by atoms with E-state index in [9.17, 15) is 14.3 Å². The monoisotopic (exact) mass is 395 g/mol. The third-order valence-corrected chi connectivity index (χ3v) is 4.61. The Morgan fingerprint density at radius 2 is 2.14 bits per heavy atom. The van der Waals surface area contributed by atoms with Crippen molar-refractivity contribution in [3.05, 3.63) is 47.9 Å². The molecule has 0 spiro atoms. The predicted octanol–water partition coefficient (Wildman–Crippen LogP) is 3.75. The molecular weight excluding hydrogens is 377 g/mol. The van der Waals surface area contributed by atoms with Crippen LogP contribution >= 0.6 is 0 Å². The Hall–Kier alpha value is -3.88. The van der Waals surface area contributed by atoms with E-state index in [-0.39, 0.29) is 11.6 Å². The first-order valence-electron chi connectivity index (χ1n) is 8.95. The van der Waals surface area contributed by atoms with Crippen LogP contribution in [0.1, 0.15) is 12.5 Å². The molecule has 0 saturated carbocycles. The number of carbonyl (C=O) groups excluding carboxylic acids is 1. The molecule has 8 nitrogen and oxygen atoms in total. The predicted molar refractivity (Wildman–Crippen MR) is 105 cm³/mol. The zero-order valence-electron chi connectivity index (χ0n) is 15.7. The van der Waals surface area contributed by atoms with Crippen LogP contribution in [0.4, 0.5) is 9.18 Å². The second-order valence-corrected chi connectivity index (χ2v) is 6.38. The lowest BCUT2D eigenvalue weighted by molar-refractivity contribution is 0.201. The Kier molecular flexibility index (Phi) is 4.63. The fourth-order valence-corrected chi connectivity index (χ4v) is 3.16. The first-order valence-corrected chi connectivity index (χ1v) is 8.95. The zero-order chi connectivity index (χ0) is 20.5. The van der Waals surface area contributed by atoms with Crippen LogP contribution in [0.3, 0.4) is 0 Å². The number of aromatic hydroxyl groups is 1. The normalized spacial score (nSPS) is 11.0. The number of hydrogen-bond acceptors (Lipinski definition) is 5. The number of phenols is 1. The van der Waals surface area contributed by atoms with E-state index in [2.05, 4.69) is 25.5 Å². The van der Waals surface area contributed by atoms with Crippen molar-refractivity contribution < 1.29 is 19.0 Å². The van der Waals surface area contributed by atoms with Crippen LogP contribution < -0.4 is 10.1 Å². The minimum atomic E-state index is -0.665. The molecule has 2 aromatic carbocycles. The Bertz CT molecular complexity index is 1210. The summed E-state index contributed by atoms with van der Waals surface area (Å²) in [5.41, 5.74) is 3.64. The molecule has 0 radical (unpaired) electrons. The minimum Gasteiger partial charge on any atom is -0.505 e. The van der Waals surface area contributed by atoms with Gasteiger partial charge in [0.05, 0.1) is 11.7 Å². The number of aromatic amines is 2. The third kappa shape index (κ3) is 3.38. The Labute approximate surface area is 164 Å². The van der Waals surface area contributed by atoms with Gasteiger partial charge >= 0.3 is 6.09 Å². The Morgan fingerprint density at radius 1 is 1.31 bits per heavy atom. The summed E-state index contributed by atoms with van der Waals surface area (Å²) in [4.78, 5) is 18.4. The second-order valence-electron chi connectivity index (χ2n) is 6.38. The smallest absolute Gasteiger partial charge is 0.413 e. The van der Waals surface area contributed by atoms with Gasteiger partial charge in [0.15, 0.2) is 17.4 Å². The SMILES string of the molecule is CCc1cc(O)c(F)cc1-c1ccc2c(-c3ncc(OC(=O)NC)[nH]3)n[nH]c2c1. The summed E-state index contributed by atoms with van der Waals surface area (Å²) in [5.74, 6) is -0.392. The van der Waals surface area contributed by atoms with Crippen molar-refractivity contribution in [2.75, 3.05) is 7.05 Å². The largest absolute Gasteiger partial charge is 0.505 e. The van der Waals surface area contributed by atoms with Gasteiger partial charge < -0.3 is 20.1 Å². The van der Waals surface area contributed by atoms with Gasteiger partial charge in [0.1, 0.15) is 5.69 Å². The van der Waals surface area contributed by atoms with Crippen molar-refractivity contribution in [2.45, 2.75) is 13.3 Å². The van der Waals surface area contributed by atoms with E-state index in [4.69, 9.17) is 4.74 Å². The van der Waals surface area contributed by atoms with E-state index in [0.29, 0.717) is 23.5 Å². The number of nitrogens with zero attached hydrogens (tertiary/aromatic N) is 2. The van der Waals surface area contributed by atoms with E-state index in [1.807, 2.05) is 25.1 Å². The van der Waals surface area contributed by atoms with E-state index in [1.54, 1.807) is 0 Å². The van der Waals surface area contributed by atoms with Crippen LogP contribution in [-0.4, -0.2) is 38.4 Å². The summed E-state index contributed by atoms with van der Waals surface area (Å²) in [7, 11) is 1.46. The van der Waals surface area contributed by atoms with Gasteiger partial charge in [-0.15, -0.1) is 0 Å². The molecule has 1 amide bonds. The molecule has 0 unspecified atom stereocenters. The Morgan fingerprint density at radius 3 is 2.90 bits per heavy atom. The topological polar surface area (TPSA) is 116 Å². The molecule has 29 heavy (non-hydrogen) atoms. The highest BCUT2D eigenvalue weighted by molar-refractivity contribution is 5.94. The van der Waals surface area contributed by atoms with Gasteiger partial charge in [-0.25, -0.2) is 14.2 Å². The highest BCUT2D eigenvalue weighted by Gasteiger charge is 2.15. The van der Waals surface area contributed by atoms with E-state index in [1.165, 1.54) is 25.4 Å². The molecule has 0 atom stereocenters. The molecular formula is C20H18FN5O3. The number of aromatic nitrogens is 4. The molecule has 4 rings (SSSR count). The minimum absolute atomic E-state index is 0.194. The number of phenolic OH excluding ortho intramolecular Hbond substituents is 1. The van der Waals surface area contributed by atoms with E-state index < -0.39 is 11.9 Å². The lowest BCUT2D eigenvalue weighted by Crippen LogP contribution is -2.22. The number of amides is 1. The molecule has 0 bridgehead atoms. The lowest BCUT2D eigenvalue weighted by Gasteiger charge is -2.10. The van der Waals surface area contributed by atoms with Gasteiger partial charge in [0, 0.05) is 12.4 Å². The molecule has 4 N–H and O–H groups in total. The van der Waals surface area contributed by atoms with Gasteiger partial charge in [0.25, 0.3) is 0 Å². The van der Waals surface area contributed by atoms with Crippen LogP contribution in [0.5, 0.6) is 11.6 Å². The van der Waals surface area contributed by atoms with Crippen LogP contribution in [0.15, 0.2) is 36.5 Å². The number of carbonyl (C=O) groups is 1. The molecule has 0 aliphatic carbocycles. The molecule has 9 heteroatoms. The van der Waals surface area contributed by atoms with Crippen molar-refractivity contribution >= 4 is 17.0 Å². The number of halogens is 1. The maximum atomic E-state index is 13.9. The van der Waals surface area contributed by atoms with Gasteiger partial charge in [-0.3, -0.25) is 5.10 Å². The summed E-state index contributed by atoms with van der Waals surface area (Å²) in [6.07, 6.45) is 1.44. The fourth-order valence-electron chi connectivity index (χ4n) is 3.16. The third-order valence-electron chi connectivity index (χ3n) is 4.61. The first-order chi connectivity index (χ1) is 14.0. The van der Waals surface area contributed by atoms with E-state index in [0.717, 1.165) is 22.0 Å². The molecule has 4 aromatic rings. The number of imidazole rings is 1. The molecule has 2 aromatic heterocycles. The number of H-pyrrole nitrogens is 2. The second kappa shape index (κ2) is 7.27. The maximum absolute atomic E-state index is 13.9. The average molecular weight is 395 g/mol. The molecule has 0 aliphatic heterocycles. The lowest BCUT2D eigenvalue weighted by atomic mass is 9.96. The standard InChI is InChI=1S/C20H18FN5O3/c1-3-10-7-16(27)14(21)8-13(10)11-4-5-12-15(6-11)25-26-18(12)19-23-9-17(24-19)29-20(28)22-2/h4-9,27H,3H2,1-2H3,(H,22,28)(H,23,24)(H,25,26). The number of hydrogen-bond donors (Lipinski definition) is 4. The number of nitrogens with one attached hydrogen (secondary N) is 3. The van der Waals surface area contributed by atoms with Crippen LogP contribution in [0, 0.1) is 5.82 Å². The van der Waals surface area contributed by atoms with Crippen LogP contribution in [0.25, 0.3) is 33.5 Å². The molecule has 0 fully saturated rings. The summed E-state index contributed by atoms with van der Waals surface area (Å²) in [6, 6.07) is 8.36. The number of benzene rings is 2. The highest BCUT2D eigenvalue weighted by Crippen LogP contribution is 2.33. The van der Waals surface area contributed by atoms with Crippen molar-refractivity contribution in [1.29, 1.82) is 0 Å². The molecule has 148 valence electrons. The first kappa shape index (κ1) is 18.5. The summed E-state index contributed by atoms with van der Waals surface area (Å²) in [6.45, 7) is 1.94. The van der Waals surface area contributed by atoms with Crippen molar-refractivity contribution in [2.24, 2.45) is 0 Å². The van der Waals surface area contributed by atoms with E-state index >= 15 is 0 Å². The number of ether oxygens (including phenoxy) is 1. The van der Waals surface area contributed by atoms with Gasteiger partial charge in [-0.05, 0) is 47.4 Å². The van der Waals surface area contributed by atoms with Crippen LogP contribution in [-0.2, 0) is 6.42 Å². The zero-order valence-corrected chi connectivity index (χ0v) is 15.7.